The molecule has 0 radical (unpaired) electrons. The topological polar surface area (TPSA) is 108 Å². The fraction of sp³-hybridized carbons (Fsp3) is 0.455. The first-order valence-corrected chi connectivity index (χ1v) is 12.3. The molecule has 0 aliphatic carbocycles. The third-order valence-electron chi connectivity index (χ3n) is 5.09. The molecule has 0 fully saturated rings. The Labute approximate surface area is 200 Å². The van der Waals surface area contributed by atoms with Crippen LogP contribution in [0.3, 0.4) is 0 Å². The van der Waals surface area contributed by atoms with Crippen molar-refractivity contribution in [1.82, 2.24) is 9.29 Å². The van der Waals surface area contributed by atoms with Gasteiger partial charge >= 0.3 is 5.97 Å². The Morgan fingerprint density at radius 2 is 1.72 bits per heavy atom. The number of alkyl halides is 1. The van der Waals surface area contributed by atoms with Gasteiger partial charge in [0, 0.05) is 12.4 Å². The number of aliphatic carboxylic acids is 1. The maximum Gasteiger partial charge on any atom is 0.322 e. The van der Waals surface area contributed by atoms with Gasteiger partial charge in [0.2, 0.25) is 10.0 Å². The molecule has 7 nitrogen and oxygen atoms in total. The summed E-state index contributed by atoms with van der Waals surface area (Å²) in [4.78, 5) is 16.4. The second-order valence-corrected chi connectivity index (χ2v) is 9.93. The highest BCUT2D eigenvalue weighted by atomic mass is 35.5. The lowest BCUT2D eigenvalue weighted by Crippen LogP contribution is -2.51. The third kappa shape index (κ3) is 7.33. The number of hydrogen-bond acceptors (Lipinski definition) is 5. The Bertz CT molecular complexity index is 943. The largest absolute Gasteiger partial charge is 0.508 e. The van der Waals surface area contributed by atoms with Crippen LogP contribution in [0.15, 0.2) is 48.8 Å². The van der Waals surface area contributed by atoms with Crippen LogP contribution in [-0.2, 0) is 21.2 Å². The Balaban J connectivity index is 0.00000512. The van der Waals surface area contributed by atoms with Gasteiger partial charge in [0.1, 0.15) is 11.8 Å². The van der Waals surface area contributed by atoms with Crippen molar-refractivity contribution in [3.63, 3.8) is 0 Å². The molecule has 0 spiro atoms. The summed E-state index contributed by atoms with van der Waals surface area (Å²) < 4.78 is 28.0. The van der Waals surface area contributed by atoms with E-state index in [0.717, 1.165) is 4.31 Å². The molecule has 1 heterocycles. The molecule has 2 unspecified atom stereocenters. The van der Waals surface area contributed by atoms with E-state index in [9.17, 15) is 23.4 Å². The highest BCUT2D eigenvalue weighted by molar-refractivity contribution is 7.89. The van der Waals surface area contributed by atoms with Crippen LogP contribution < -0.4 is 0 Å². The van der Waals surface area contributed by atoms with Gasteiger partial charge < -0.3 is 10.2 Å². The summed E-state index contributed by atoms with van der Waals surface area (Å²) in [7, 11) is -3.96. The predicted octanol–water partition coefficient (Wildman–Crippen LogP) is 4.40. The quantitative estimate of drug-likeness (QED) is 0.414. The molecule has 2 rings (SSSR count). The first-order valence-electron chi connectivity index (χ1n) is 10.3. The molecular formula is C22H30Cl2N2O5S. The summed E-state index contributed by atoms with van der Waals surface area (Å²) in [5.74, 6) is -1.38. The molecule has 0 saturated carbocycles. The highest BCUT2D eigenvalue weighted by Crippen LogP contribution is 2.35. The average molecular weight is 505 g/mol. The van der Waals surface area contributed by atoms with E-state index in [1.54, 1.807) is 24.3 Å². The van der Waals surface area contributed by atoms with Gasteiger partial charge in [-0.2, -0.15) is 4.31 Å². The number of hydrogen-bond donors (Lipinski definition) is 2. The Kier molecular flexibility index (Phi) is 11.4. The average Bonchev–Trinajstić information content (AvgIpc) is 2.76. The molecule has 32 heavy (non-hydrogen) atoms. The van der Waals surface area contributed by atoms with Gasteiger partial charge in [0.05, 0.1) is 17.2 Å². The van der Waals surface area contributed by atoms with Crippen LogP contribution in [0, 0.1) is 0 Å². The first kappa shape index (κ1) is 28.2. The van der Waals surface area contributed by atoms with Gasteiger partial charge in [0.25, 0.3) is 0 Å². The number of benzene rings is 1. The van der Waals surface area contributed by atoms with Crippen LogP contribution in [0.1, 0.15) is 50.3 Å². The van der Waals surface area contributed by atoms with Crippen molar-refractivity contribution in [2.24, 2.45) is 0 Å². The van der Waals surface area contributed by atoms with E-state index in [4.69, 9.17) is 11.6 Å². The maximum atomic E-state index is 13.5. The lowest BCUT2D eigenvalue weighted by Gasteiger charge is -2.37. The van der Waals surface area contributed by atoms with Gasteiger partial charge in [-0.15, -0.1) is 24.0 Å². The number of rotatable bonds is 12. The molecule has 3 atom stereocenters. The molecule has 0 amide bonds. The Morgan fingerprint density at radius 1 is 1.12 bits per heavy atom. The van der Waals surface area contributed by atoms with E-state index in [2.05, 4.69) is 4.98 Å². The minimum atomic E-state index is -3.96. The molecule has 178 valence electrons. The molecule has 1 aromatic heterocycles. The van der Waals surface area contributed by atoms with Crippen molar-refractivity contribution in [3.05, 3.63) is 59.9 Å². The second kappa shape index (κ2) is 13.0. The van der Waals surface area contributed by atoms with Gasteiger partial charge in [-0.25, -0.2) is 8.42 Å². The lowest BCUT2D eigenvalue weighted by molar-refractivity contribution is -0.142. The van der Waals surface area contributed by atoms with Crippen molar-refractivity contribution in [2.75, 3.05) is 5.75 Å². The van der Waals surface area contributed by atoms with Gasteiger partial charge in [-0.1, -0.05) is 32.4 Å². The SMILES string of the molecule is CCCCS(=O)(=O)N(C(c1ccncc1)C(Cl)CC)[C@@H](Cc1ccc(O)cc1)C(=O)O.Cl. The normalized spacial score (nSPS) is 14.4. The minimum Gasteiger partial charge on any atom is -0.508 e. The van der Waals surface area contributed by atoms with Crippen LogP contribution >= 0.6 is 24.0 Å². The summed E-state index contributed by atoms with van der Waals surface area (Å²) in [6.45, 7) is 3.71. The van der Waals surface area contributed by atoms with E-state index in [-0.39, 0.29) is 30.3 Å². The number of nitrogens with zero attached hydrogens (tertiary/aromatic N) is 2. The first-order chi connectivity index (χ1) is 14.7. The van der Waals surface area contributed by atoms with Crippen LogP contribution in [0.2, 0.25) is 0 Å². The summed E-state index contributed by atoms with van der Waals surface area (Å²) in [6, 6.07) is 7.16. The van der Waals surface area contributed by atoms with Crippen LogP contribution in [0.4, 0.5) is 0 Å². The zero-order valence-corrected chi connectivity index (χ0v) is 20.5. The minimum absolute atomic E-state index is 0. The number of aromatic hydroxyl groups is 1. The summed E-state index contributed by atoms with van der Waals surface area (Å²) >= 11 is 6.62. The number of carboxylic acids is 1. The summed E-state index contributed by atoms with van der Waals surface area (Å²) in [6.07, 6.45) is 4.52. The number of aromatic nitrogens is 1. The molecule has 0 aliphatic heterocycles. The zero-order chi connectivity index (χ0) is 23.0. The van der Waals surface area contributed by atoms with Gasteiger partial charge in [-0.05, 0) is 54.7 Å². The number of carbonyl (C=O) groups is 1. The maximum absolute atomic E-state index is 13.5. The van der Waals surface area contributed by atoms with Crippen molar-refractivity contribution in [2.45, 2.75) is 57.0 Å². The van der Waals surface area contributed by atoms with Crippen LogP contribution in [-0.4, -0.2) is 51.1 Å². The number of unbranched alkanes of at least 4 members (excludes halogenated alkanes) is 1. The molecule has 2 aromatic rings. The zero-order valence-electron chi connectivity index (χ0n) is 18.1. The monoisotopic (exact) mass is 504 g/mol. The molecule has 0 saturated heterocycles. The number of carboxylic acid groups (broad SMARTS) is 1. The number of halogens is 2. The molecule has 1 aromatic carbocycles. The number of pyridine rings is 1. The number of phenols is 1. The number of sulfonamides is 1. The summed E-state index contributed by atoms with van der Waals surface area (Å²) in [5.41, 5.74) is 1.19. The smallest absolute Gasteiger partial charge is 0.322 e. The molecule has 0 bridgehead atoms. The van der Waals surface area contributed by atoms with Crippen molar-refractivity contribution in [3.8, 4) is 5.75 Å². The van der Waals surface area contributed by atoms with Gasteiger partial charge in [0.15, 0.2) is 0 Å². The Hall–Kier alpha value is -1.87. The van der Waals surface area contributed by atoms with Crippen LogP contribution in [0.25, 0.3) is 0 Å². The third-order valence-corrected chi connectivity index (χ3v) is 7.56. The lowest BCUT2D eigenvalue weighted by atomic mass is 9.99. The number of phenolic OH excluding ortho intramolecular Hbond substituents is 1. The van der Waals surface area contributed by atoms with Crippen molar-refractivity contribution < 1.29 is 23.4 Å². The molecule has 0 aliphatic rings. The highest BCUT2D eigenvalue weighted by Gasteiger charge is 2.43. The van der Waals surface area contributed by atoms with E-state index in [0.29, 0.717) is 30.4 Å². The van der Waals surface area contributed by atoms with Crippen molar-refractivity contribution in [1.29, 1.82) is 0 Å². The molecule has 10 heteroatoms. The van der Waals surface area contributed by atoms with E-state index in [1.807, 2.05) is 13.8 Å². The van der Waals surface area contributed by atoms with E-state index >= 15 is 0 Å². The van der Waals surface area contributed by atoms with Crippen LogP contribution in [0.5, 0.6) is 5.75 Å². The fourth-order valence-corrected chi connectivity index (χ4v) is 5.80. The fourth-order valence-electron chi connectivity index (χ4n) is 3.43. The molecule has 2 N–H and O–H groups in total. The second-order valence-electron chi connectivity index (χ2n) is 7.37. The standard InChI is InChI=1S/C22H29ClN2O5S.ClH/c1-3-5-14-31(29,30)25(21(19(23)4-2)17-10-12-24-13-11-17)20(22(27)28)15-16-6-8-18(26)9-7-16;/h6-13,19-21,26H,3-5,14-15H2,1-2H3,(H,27,28);1H/t19?,20-,21?;/m0./s1. The van der Waals surface area contributed by atoms with Gasteiger partial charge in [-0.3, -0.25) is 9.78 Å². The van der Waals surface area contributed by atoms with Crippen molar-refractivity contribution >= 4 is 40.0 Å². The Morgan fingerprint density at radius 3 is 2.22 bits per heavy atom. The van der Waals surface area contributed by atoms with E-state index < -0.39 is 33.5 Å². The molecular weight excluding hydrogens is 475 g/mol. The summed E-state index contributed by atoms with van der Waals surface area (Å²) in [5, 5.41) is 19.0. The predicted molar refractivity (Wildman–Crippen MR) is 128 cm³/mol. The van der Waals surface area contributed by atoms with E-state index in [1.165, 1.54) is 24.5 Å².